The van der Waals surface area contributed by atoms with E-state index >= 15 is 0 Å². The quantitative estimate of drug-likeness (QED) is 0.690. The van der Waals surface area contributed by atoms with Crippen LogP contribution in [0.15, 0.2) is 24.3 Å². The second kappa shape index (κ2) is 8.65. The molecule has 1 fully saturated rings. The summed E-state index contributed by atoms with van der Waals surface area (Å²) in [4.78, 5) is 36.5. The van der Waals surface area contributed by atoms with E-state index in [4.69, 9.17) is 0 Å². The first-order valence-corrected chi connectivity index (χ1v) is 8.93. The van der Waals surface area contributed by atoms with Crippen molar-refractivity contribution in [3.8, 4) is 0 Å². The smallest absolute Gasteiger partial charge is 0.329 e. The molecule has 6 nitrogen and oxygen atoms in total. The number of carbonyl (C=O) groups excluding carboxylic acids is 2. The first-order chi connectivity index (χ1) is 12.0. The van der Waals surface area contributed by atoms with Gasteiger partial charge in [0.05, 0.1) is 0 Å². The van der Waals surface area contributed by atoms with Crippen LogP contribution in [0.3, 0.4) is 0 Å². The van der Waals surface area contributed by atoms with Gasteiger partial charge in [0.1, 0.15) is 5.54 Å². The number of rotatable bonds is 6. The van der Waals surface area contributed by atoms with Gasteiger partial charge in [0.2, 0.25) is 0 Å². The molecule has 0 radical (unpaired) electrons. The van der Waals surface area contributed by atoms with Crippen molar-refractivity contribution in [3.63, 3.8) is 0 Å². The summed E-state index contributed by atoms with van der Waals surface area (Å²) < 4.78 is 0. The first kappa shape index (κ1) is 19.0. The van der Waals surface area contributed by atoms with Crippen molar-refractivity contribution >= 4 is 17.8 Å². The van der Waals surface area contributed by atoms with Gasteiger partial charge in [-0.1, -0.05) is 38.7 Å². The summed E-state index contributed by atoms with van der Waals surface area (Å²) >= 11 is 0. The Bertz CT molecular complexity index is 634. The van der Waals surface area contributed by atoms with E-state index in [2.05, 4.69) is 10.6 Å². The van der Waals surface area contributed by atoms with Crippen molar-refractivity contribution in [2.45, 2.75) is 57.4 Å². The van der Waals surface area contributed by atoms with Crippen molar-refractivity contribution < 1.29 is 19.5 Å². The van der Waals surface area contributed by atoms with Crippen LogP contribution in [0.2, 0.25) is 0 Å². The van der Waals surface area contributed by atoms with Gasteiger partial charge in [0.15, 0.2) is 0 Å². The van der Waals surface area contributed by atoms with Crippen molar-refractivity contribution in [2.75, 3.05) is 6.54 Å². The maximum absolute atomic E-state index is 12.6. The van der Waals surface area contributed by atoms with E-state index < -0.39 is 17.4 Å². The molecule has 0 atom stereocenters. The second-order valence-electron chi connectivity index (χ2n) is 6.59. The largest absolute Gasteiger partial charge is 0.480 e. The number of hydrogen-bond acceptors (Lipinski definition) is 3. The van der Waals surface area contributed by atoms with Crippen molar-refractivity contribution in [3.05, 3.63) is 35.4 Å². The minimum absolute atomic E-state index is 0.237. The molecular weight excluding hydrogens is 320 g/mol. The molecular formula is C19H26N2O4. The minimum Gasteiger partial charge on any atom is -0.480 e. The Morgan fingerprint density at radius 3 is 2.20 bits per heavy atom. The van der Waals surface area contributed by atoms with Crippen LogP contribution < -0.4 is 10.6 Å². The van der Waals surface area contributed by atoms with Gasteiger partial charge in [-0.15, -0.1) is 0 Å². The zero-order valence-corrected chi connectivity index (χ0v) is 14.6. The fraction of sp³-hybridized carbons (Fsp3) is 0.526. The lowest BCUT2D eigenvalue weighted by molar-refractivity contribution is -0.145. The monoisotopic (exact) mass is 346 g/mol. The molecule has 1 aliphatic rings. The molecule has 1 saturated carbocycles. The number of nitrogens with one attached hydrogen (secondary N) is 2. The van der Waals surface area contributed by atoms with E-state index in [9.17, 15) is 19.5 Å². The Morgan fingerprint density at radius 1 is 1.04 bits per heavy atom. The van der Waals surface area contributed by atoms with E-state index in [1.807, 2.05) is 6.92 Å². The highest BCUT2D eigenvalue weighted by Gasteiger charge is 2.40. The van der Waals surface area contributed by atoms with Gasteiger partial charge < -0.3 is 15.7 Å². The van der Waals surface area contributed by atoms with Gasteiger partial charge in [-0.2, -0.15) is 0 Å². The molecule has 0 heterocycles. The van der Waals surface area contributed by atoms with Crippen LogP contribution in [0.4, 0.5) is 0 Å². The second-order valence-corrected chi connectivity index (χ2v) is 6.59. The van der Waals surface area contributed by atoms with Crippen LogP contribution in [0.1, 0.15) is 72.6 Å². The lowest BCUT2D eigenvalue weighted by Gasteiger charge is -2.29. The molecule has 25 heavy (non-hydrogen) atoms. The standard InChI is InChI=1S/C19H26N2O4/c1-2-12-20-16(22)14-8-7-9-15(13-14)17(23)21-19(18(24)25)10-5-3-4-6-11-19/h7-9,13H,2-6,10-12H2,1H3,(H,20,22)(H,21,23)(H,24,25). The average molecular weight is 346 g/mol. The van der Waals surface area contributed by atoms with Crippen molar-refractivity contribution in [1.82, 2.24) is 10.6 Å². The predicted molar refractivity (Wildman–Crippen MR) is 94.6 cm³/mol. The number of amides is 2. The Hall–Kier alpha value is -2.37. The first-order valence-electron chi connectivity index (χ1n) is 8.93. The third-order valence-electron chi connectivity index (χ3n) is 4.64. The van der Waals surface area contributed by atoms with Gasteiger partial charge in [-0.3, -0.25) is 9.59 Å². The molecule has 2 rings (SSSR count). The maximum atomic E-state index is 12.6. The van der Waals surface area contributed by atoms with Crippen LogP contribution in [0.25, 0.3) is 0 Å². The van der Waals surface area contributed by atoms with Gasteiger partial charge in [-0.05, 0) is 37.5 Å². The molecule has 1 aliphatic carbocycles. The van der Waals surface area contributed by atoms with Gasteiger partial charge in [0, 0.05) is 17.7 Å². The highest BCUT2D eigenvalue weighted by molar-refractivity contribution is 6.01. The highest BCUT2D eigenvalue weighted by Crippen LogP contribution is 2.28. The molecule has 3 N–H and O–H groups in total. The van der Waals surface area contributed by atoms with E-state index in [0.717, 1.165) is 32.1 Å². The van der Waals surface area contributed by atoms with Gasteiger partial charge in [0.25, 0.3) is 11.8 Å². The van der Waals surface area contributed by atoms with Crippen LogP contribution in [-0.2, 0) is 4.79 Å². The average Bonchev–Trinajstić information content (AvgIpc) is 2.86. The zero-order chi connectivity index (χ0) is 18.3. The molecule has 0 aromatic heterocycles. The number of aliphatic carboxylic acids is 1. The summed E-state index contributed by atoms with van der Waals surface area (Å²) in [5, 5.41) is 15.2. The number of hydrogen-bond donors (Lipinski definition) is 3. The molecule has 0 aliphatic heterocycles. The Morgan fingerprint density at radius 2 is 1.64 bits per heavy atom. The number of carboxylic acids is 1. The maximum Gasteiger partial charge on any atom is 0.329 e. The van der Waals surface area contributed by atoms with Crippen LogP contribution in [0.5, 0.6) is 0 Å². The minimum atomic E-state index is -1.21. The number of benzene rings is 1. The normalized spacial score (nSPS) is 16.5. The summed E-state index contributed by atoms with van der Waals surface area (Å²) in [7, 11) is 0. The number of carboxylic acid groups (broad SMARTS) is 1. The van der Waals surface area contributed by atoms with E-state index in [1.165, 1.54) is 6.07 Å². The zero-order valence-electron chi connectivity index (χ0n) is 14.6. The van der Waals surface area contributed by atoms with E-state index in [0.29, 0.717) is 30.5 Å². The molecule has 136 valence electrons. The molecule has 0 saturated heterocycles. The van der Waals surface area contributed by atoms with Crippen LogP contribution >= 0.6 is 0 Å². The summed E-state index contributed by atoms with van der Waals surface area (Å²) in [6, 6.07) is 6.38. The summed E-state index contributed by atoms with van der Waals surface area (Å²) in [5.74, 6) is -1.67. The lowest BCUT2D eigenvalue weighted by atomic mass is 9.89. The van der Waals surface area contributed by atoms with Crippen LogP contribution in [-0.4, -0.2) is 35.0 Å². The number of carbonyl (C=O) groups is 3. The predicted octanol–water partition coefficient (Wildman–Crippen LogP) is 2.73. The topological polar surface area (TPSA) is 95.5 Å². The fourth-order valence-corrected chi connectivity index (χ4v) is 3.16. The van der Waals surface area contributed by atoms with E-state index in [1.54, 1.807) is 18.2 Å². The molecule has 2 amide bonds. The van der Waals surface area contributed by atoms with E-state index in [-0.39, 0.29) is 5.91 Å². The summed E-state index contributed by atoms with van der Waals surface area (Å²) in [6.45, 7) is 2.53. The Kier molecular flexibility index (Phi) is 6.56. The van der Waals surface area contributed by atoms with Crippen molar-refractivity contribution in [1.29, 1.82) is 0 Å². The highest BCUT2D eigenvalue weighted by atomic mass is 16.4. The molecule has 0 unspecified atom stereocenters. The lowest BCUT2D eigenvalue weighted by Crippen LogP contribution is -2.54. The van der Waals surface area contributed by atoms with Gasteiger partial charge >= 0.3 is 5.97 Å². The molecule has 0 spiro atoms. The summed E-state index contributed by atoms with van der Waals surface area (Å²) in [5.41, 5.74) is -0.519. The summed E-state index contributed by atoms with van der Waals surface area (Å²) in [6.07, 6.45) is 5.23. The van der Waals surface area contributed by atoms with Gasteiger partial charge in [-0.25, -0.2) is 4.79 Å². The SMILES string of the molecule is CCCNC(=O)c1cccc(C(=O)NC2(C(=O)O)CCCCCC2)c1. The molecule has 1 aromatic carbocycles. The molecule has 0 bridgehead atoms. The molecule has 1 aromatic rings. The Labute approximate surface area is 148 Å². The van der Waals surface area contributed by atoms with Crippen LogP contribution in [0, 0.1) is 0 Å². The fourth-order valence-electron chi connectivity index (χ4n) is 3.16. The Balaban J connectivity index is 2.16. The van der Waals surface area contributed by atoms with Crippen molar-refractivity contribution in [2.24, 2.45) is 0 Å². The third-order valence-corrected chi connectivity index (χ3v) is 4.64. The third kappa shape index (κ3) is 4.81. The molecule has 6 heteroatoms.